The van der Waals surface area contributed by atoms with E-state index in [1.807, 2.05) is 5.38 Å². The average Bonchev–Trinajstić information content (AvgIpc) is 3.05. The van der Waals surface area contributed by atoms with Crippen LogP contribution in [0.15, 0.2) is 29.6 Å². The van der Waals surface area contributed by atoms with Crippen LogP contribution in [0.25, 0.3) is 11.3 Å². The molecule has 1 aliphatic heterocycles. The van der Waals surface area contributed by atoms with E-state index >= 15 is 0 Å². The van der Waals surface area contributed by atoms with Crippen molar-refractivity contribution in [2.24, 2.45) is 5.92 Å². The number of nitrogens with zero attached hydrogens (tertiary/aromatic N) is 2. The Bertz CT molecular complexity index is 737. The number of hydrogen-bond acceptors (Lipinski definition) is 4. The van der Waals surface area contributed by atoms with Crippen molar-refractivity contribution in [1.29, 1.82) is 0 Å². The molecule has 0 radical (unpaired) electrons. The summed E-state index contributed by atoms with van der Waals surface area (Å²) in [6.07, 6.45) is 7.04. The minimum atomic E-state index is 0.0470. The average molecular weight is 339 g/mol. The molecule has 1 fully saturated rings. The van der Waals surface area contributed by atoms with Crippen molar-refractivity contribution in [3.63, 3.8) is 0 Å². The number of carbonyl (C=O) groups is 1. The molecule has 1 aromatic heterocycles. The van der Waals surface area contributed by atoms with Gasteiger partial charge in [-0.1, -0.05) is 35.7 Å². The molecule has 4 nitrogen and oxygen atoms in total. The number of thiazole rings is 1. The minimum absolute atomic E-state index is 0.0470. The fraction of sp³-hybridized carbons (Fsp3) is 0.368. The molecule has 1 aliphatic rings. The first kappa shape index (κ1) is 16.7. The van der Waals surface area contributed by atoms with Gasteiger partial charge in [0.1, 0.15) is 0 Å². The van der Waals surface area contributed by atoms with Gasteiger partial charge in [0.25, 0.3) is 0 Å². The molecule has 0 aliphatic carbocycles. The van der Waals surface area contributed by atoms with Gasteiger partial charge in [-0.3, -0.25) is 9.69 Å². The van der Waals surface area contributed by atoms with Gasteiger partial charge >= 0.3 is 0 Å². The van der Waals surface area contributed by atoms with E-state index in [2.05, 4.69) is 52.3 Å². The van der Waals surface area contributed by atoms with E-state index < -0.39 is 0 Å². The molecule has 0 bridgehead atoms. The lowest BCUT2D eigenvalue weighted by Crippen LogP contribution is -2.38. The molecule has 1 N–H and O–H groups in total. The van der Waals surface area contributed by atoms with Crippen molar-refractivity contribution < 1.29 is 4.79 Å². The predicted molar refractivity (Wildman–Crippen MR) is 98.9 cm³/mol. The van der Waals surface area contributed by atoms with E-state index in [4.69, 9.17) is 6.42 Å². The SMILES string of the molecule is C#CCN1CCC(C(=O)Nc2nc(-c3ccc(C)cc3)cs2)CC1. The van der Waals surface area contributed by atoms with Crippen LogP contribution in [0.5, 0.6) is 0 Å². The Balaban J connectivity index is 1.58. The fourth-order valence-corrected chi connectivity index (χ4v) is 3.60. The first-order valence-electron chi connectivity index (χ1n) is 8.15. The quantitative estimate of drug-likeness (QED) is 0.869. The number of piperidine rings is 1. The van der Waals surface area contributed by atoms with E-state index in [1.165, 1.54) is 16.9 Å². The third-order valence-electron chi connectivity index (χ3n) is 4.35. The summed E-state index contributed by atoms with van der Waals surface area (Å²) >= 11 is 1.47. The van der Waals surface area contributed by atoms with Gasteiger partial charge in [0.15, 0.2) is 5.13 Å². The molecule has 2 heterocycles. The number of aromatic nitrogens is 1. The Kier molecular flexibility index (Phi) is 5.29. The summed E-state index contributed by atoms with van der Waals surface area (Å²) in [5, 5.41) is 5.62. The molecule has 1 aromatic carbocycles. The Labute approximate surface area is 146 Å². The first-order valence-corrected chi connectivity index (χ1v) is 9.03. The Morgan fingerprint density at radius 1 is 1.38 bits per heavy atom. The second-order valence-corrected chi connectivity index (χ2v) is 7.01. The maximum absolute atomic E-state index is 12.4. The molecular weight excluding hydrogens is 318 g/mol. The van der Waals surface area contributed by atoms with Crippen molar-refractivity contribution in [1.82, 2.24) is 9.88 Å². The second-order valence-electron chi connectivity index (χ2n) is 6.15. The maximum atomic E-state index is 12.4. The Morgan fingerprint density at radius 3 is 2.75 bits per heavy atom. The van der Waals surface area contributed by atoms with Crippen LogP contribution >= 0.6 is 11.3 Å². The number of rotatable bonds is 4. The Hall–Kier alpha value is -2.16. The van der Waals surface area contributed by atoms with E-state index in [1.54, 1.807) is 0 Å². The van der Waals surface area contributed by atoms with Crippen molar-refractivity contribution >= 4 is 22.4 Å². The molecule has 3 rings (SSSR count). The van der Waals surface area contributed by atoms with E-state index in [0.29, 0.717) is 11.7 Å². The number of likely N-dealkylation sites (tertiary alicyclic amines) is 1. The van der Waals surface area contributed by atoms with E-state index in [0.717, 1.165) is 37.2 Å². The number of hydrogen-bond donors (Lipinski definition) is 1. The van der Waals surface area contributed by atoms with Crippen molar-refractivity contribution in [2.75, 3.05) is 25.0 Å². The standard InChI is InChI=1S/C19H21N3OS/c1-3-10-22-11-8-16(9-12-22)18(23)21-19-20-17(13-24-19)15-6-4-14(2)5-7-15/h1,4-7,13,16H,8-12H2,2H3,(H,20,21,23). The lowest BCUT2D eigenvalue weighted by Gasteiger charge is -2.29. The highest BCUT2D eigenvalue weighted by molar-refractivity contribution is 7.14. The van der Waals surface area contributed by atoms with Gasteiger partial charge in [0, 0.05) is 16.9 Å². The minimum Gasteiger partial charge on any atom is -0.302 e. The molecule has 124 valence electrons. The van der Waals surface area contributed by atoms with Crippen molar-refractivity contribution in [3.05, 3.63) is 35.2 Å². The molecule has 0 atom stereocenters. The summed E-state index contributed by atoms with van der Waals surface area (Å²) in [6.45, 7) is 4.50. The van der Waals surface area contributed by atoms with E-state index in [9.17, 15) is 4.79 Å². The Morgan fingerprint density at radius 2 is 2.08 bits per heavy atom. The predicted octanol–water partition coefficient (Wildman–Crippen LogP) is 3.40. The van der Waals surface area contributed by atoms with Crippen molar-refractivity contribution in [3.8, 4) is 23.6 Å². The molecule has 24 heavy (non-hydrogen) atoms. The van der Waals surface area contributed by atoms with Crippen LogP contribution in [-0.4, -0.2) is 35.4 Å². The molecule has 2 aromatic rings. The summed E-state index contributed by atoms with van der Waals surface area (Å²) in [6, 6.07) is 8.24. The summed E-state index contributed by atoms with van der Waals surface area (Å²) in [7, 11) is 0. The van der Waals surface area contributed by atoms with Crippen LogP contribution in [0, 0.1) is 25.2 Å². The number of aryl methyl sites for hydroxylation is 1. The normalized spacial score (nSPS) is 15.8. The zero-order chi connectivity index (χ0) is 16.9. The van der Waals surface area contributed by atoms with Gasteiger partial charge in [0.05, 0.1) is 12.2 Å². The highest BCUT2D eigenvalue weighted by Gasteiger charge is 2.25. The molecule has 0 unspecified atom stereocenters. The van der Waals surface area contributed by atoms with Crippen LogP contribution < -0.4 is 5.32 Å². The van der Waals surface area contributed by atoms with E-state index in [-0.39, 0.29) is 11.8 Å². The number of terminal acetylenes is 1. The third-order valence-corrected chi connectivity index (χ3v) is 5.11. The molecule has 0 spiro atoms. The zero-order valence-electron chi connectivity index (χ0n) is 13.8. The largest absolute Gasteiger partial charge is 0.302 e. The van der Waals surface area contributed by atoms with Gasteiger partial charge in [-0.25, -0.2) is 4.98 Å². The first-order chi connectivity index (χ1) is 11.7. The lowest BCUT2D eigenvalue weighted by molar-refractivity contribution is -0.121. The topological polar surface area (TPSA) is 45.2 Å². The van der Waals surface area contributed by atoms with Gasteiger partial charge in [0.2, 0.25) is 5.91 Å². The summed E-state index contributed by atoms with van der Waals surface area (Å²) < 4.78 is 0. The van der Waals surface area contributed by atoms with Crippen LogP contribution in [-0.2, 0) is 4.79 Å². The van der Waals surface area contributed by atoms with Crippen LogP contribution in [0.4, 0.5) is 5.13 Å². The number of amides is 1. The van der Waals surface area contributed by atoms with Gasteiger partial charge < -0.3 is 5.32 Å². The second kappa shape index (κ2) is 7.61. The molecule has 1 amide bonds. The molecular formula is C19H21N3OS. The number of nitrogens with one attached hydrogen (secondary N) is 1. The number of benzene rings is 1. The van der Waals surface area contributed by atoms with Gasteiger partial charge in [-0.15, -0.1) is 17.8 Å². The maximum Gasteiger partial charge on any atom is 0.229 e. The zero-order valence-corrected chi connectivity index (χ0v) is 14.6. The smallest absolute Gasteiger partial charge is 0.229 e. The highest BCUT2D eigenvalue weighted by atomic mass is 32.1. The summed E-state index contributed by atoms with van der Waals surface area (Å²) in [5.74, 6) is 2.78. The van der Waals surface area contributed by atoms with Crippen molar-refractivity contribution in [2.45, 2.75) is 19.8 Å². The van der Waals surface area contributed by atoms with Crippen LogP contribution in [0.2, 0.25) is 0 Å². The van der Waals surface area contributed by atoms with Crippen LogP contribution in [0.3, 0.4) is 0 Å². The van der Waals surface area contributed by atoms with Gasteiger partial charge in [-0.05, 0) is 32.9 Å². The van der Waals surface area contributed by atoms with Crippen LogP contribution in [0.1, 0.15) is 18.4 Å². The highest BCUT2D eigenvalue weighted by Crippen LogP contribution is 2.26. The fourth-order valence-electron chi connectivity index (χ4n) is 2.88. The number of anilines is 1. The lowest BCUT2D eigenvalue weighted by atomic mass is 9.96. The number of carbonyl (C=O) groups excluding carboxylic acids is 1. The monoisotopic (exact) mass is 339 g/mol. The summed E-state index contributed by atoms with van der Waals surface area (Å²) in [4.78, 5) is 19.2. The molecule has 1 saturated heterocycles. The summed E-state index contributed by atoms with van der Waals surface area (Å²) in [5.41, 5.74) is 3.19. The molecule has 5 heteroatoms. The van der Waals surface area contributed by atoms with Gasteiger partial charge in [-0.2, -0.15) is 0 Å². The molecule has 0 saturated carbocycles. The third kappa shape index (κ3) is 4.02.